The highest BCUT2D eigenvalue weighted by Crippen LogP contribution is 2.40. The number of nitriles is 1. The summed E-state index contributed by atoms with van der Waals surface area (Å²) in [6, 6.07) is 8.88. The third-order valence-electron chi connectivity index (χ3n) is 3.42. The van der Waals surface area contributed by atoms with Crippen molar-refractivity contribution in [2.24, 2.45) is 5.73 Å². The number of nitrogens with two attached hydrogens (primary N) is 1. The van der Waals surface area contributed by atoms with Crippen LogP contribution in [0.5, 0.6) is 5.95 Å². The molecule has 6 heteroatoms. The second-order valence-electron chi connectivity index (χ2n) is 4.90. The lowest BCUT2D eigenvalue weighted by molar-refractivity contribution is 0.275. The van der Waals surface area contributed by atoms with Crippen molar-refractivity contribution < 1.29 is 13.5 Å². The number of nitrogens with zero attached hydrogens (tertiary/aromatic N) is 1. The van der Waals surface area contributed by atoms with E-state index in [-0.39, 0.29) is 28.4 Å². The van der Waals surface area contributed by atoms with Crippen LogP contribution in [0.4, 0.5) is 4.39 Å². The zero-order chi connectivity index (χ0) is 15.9. The Morgan fingerprint density at radius 3 is 2.82 bits per heavy atom. The van der Waals surface area contributed by atoms with Gasteiger partial charge in [-0.25, -0.2) is 4.39 Å². The molecule has 1 aromatic carbocycles. The Bertz CT molecular complexity index is 893. The average molecular weight is 298 g/mol. The monoisotopic (exact) mass is 298 g/mol. The average Bonchev–Trinajstić information content (AvgIpc) is 2.45. The van der Waals surface area contributed by atoms with Crippen molar-refractivity contribution in [1.29, 1.82) is 5.26 Å². The van der Waals surface area contributed by atoms with Crippen LogP contribution in [0.2, 0.25) is 0 Å². The summed E-state index contributed by atoms with van der Waals surface area (Å²) in [5, 5.41) is 9.34. The number of hydrogen-bond donors (Lipinski definition) is 1. The van der Waals surface area contributed by atoms with Gasteiger partial charge >= 0.3 is 0 Å². The topological polar surface area (TPSA) is 89.2 Å². The van der Waals surface area contributed by atoms with Crippen molar-refractivity contribution >= 4 is 0 Å². The number of halogens is 1. The molecule has 0 bridgehead atoms. The van der Waals surface area contributed by atoms with Crippen molar-refractivity contribution in [2.45, 2.75) is 12.8 Å². The molecule has 2 aromatic rings. The van der Waals surface area contributed by atoms with Crippen molar-refractivity contribution in [3.05, 3.63) is 74.7 Å². The number of fused-ring (bicyclic) bond motifs is 1. The van der Waals surface area contributed by atoms with Crippen LogP contribution in [0, 0.1) is 24.1 Å². The van der Waals surface area contributed by atoms with Crippen LogP contribution in [-0.2, 0) is 0 Å². The van der Waals surface area contributed by atoms with Crippen molar-refractivity contribution in [3.63, 3.8) is 0 Å². The smallest absolute Gasteiger partial charge is 0.299 e. The van der Waals surface area contributed by atoms with Gasteiger partial charge in [-0.3, -0.25) is 4.79 Å². The minimum atomic E-state index is -0.818. The number of rotatable bonds is 1. The highest BCUT2D eigenvalue weighted by molar-refractivity contribution is 5.52. The summed E-state index contributed by atoms with van der Waals surface area (Å²) >= 11 is 0. The summed E-state index contributed by atoms with van der Waals surface area (Å²) in [6.45, 7) is 1.60. The molecule has 0 amide bonds. The molecule has 3 rings (SSSR count). The van der Waals surface area contributed by atoms with E-state index in [1.807, 2.05) is 6.07 Å². The summed E-state index contributed by atoms with van der Waals surface area (Å²) in [4.78, 5) is 12.3. The van der Waals surface area contributed by atoms with E-state index < -0.39 is 11.7 Å². The van der Waals surface area contributed by atoms with Gasteiger partial charge in [0, 0.05) is 6.07 Å². The zero-order valence-corrected chi connectivity index (χ0v) is 11.6. The molecule has 0 fully saturated rings. The Labute approximate surface area is 125 Å². The molecule has 22 heavy (non-hydrogen) atoms. The van der Waals surface area contributed by atoms with Crippen molar-refractivity contribution in [1.82, 2.24) is 0 Å². The van der Waals surface area contributed by atoms with Crippen LogP contribution < -0.4 is 15.9 Å². The van der Waals surface area contributed by atoms with E-state index in [2.05, 4.69) is 0 Å². The summed E-state index contributed by atoms with van der Waals surface area (Å²) in [7, 11) is 0. The molecule has 2 N–H and O–H groups in total. The standard InChI is InChI=1S/C16H11FN2O3/c1-8-5-12(20)14-13(9-3-2-4-10(17)6-9)11(7-18)15(19)22-16(14)21-8/h2-6,13H,19H2,1H3. The van der Waals surface area contributed by atoms with Crippen LogP contribution in [-0.4, -0.2) is 0 Å². The van der Waals surface area contributed by atoms with Gasteiger partial charge in [0.05, 0.1) is 11.5 Å². The number of aryl methyl sites for hydroxylation is 1. The predicted molar refractivity (Wildman–Crippen MR) is 75.4 cm³/mol. The molecule has 0 saturated heterocycles. The van der Waals surface area contributed by atoms with Gasteiger partial charge in [-0.1, -0.05) is 12.1 Å². The Hall–Kier alpha value is -3.07. The first-order chi connectivity index (χ1) is 10.5. The molecule has 0 aliphatic carbocycles. The number of allylic oxidation sites excluding steroid dienone is 1. The van der Waals surface area contributed by atoms with E-state index in [1.165, 1.54) is 24.3 Å². The normalized spacial score (nSPS) is 16.7. The summed E-state index contributed by atoms with van der Waals surface area (Å²) < 4.78 is 24.2. The lowest BCUT2D eigenvalue weighted by Gasteiger charge is -2.24. The van der Waals surface area contributed by atoms with E-state index in [9.17, 15) is 14.4 Å². The minimum Gasteiger partial charge on any atom is -0.430 e. The maximum absolute atomic E-state index is 13.5. The zero-order valence-electron chi connectivity index (χ0n) is 11.6. The quantitative estimate of drug-likeness (QED) is 0.872. The van der Waals surface area contributed by atoms with Crippen LogP contribution >= 0.6 is 0 Å². The molecular weight excluding hydrogens is 287 g/mol. The second kappa shape index (κ2) is 5.04. The van der Waals surface area contributed by atoms with Gasteiger partial charge in [-0.05, 0) is 24.6 Å². The molecule has 110 valence electrons. The fraction of sp³-hybridized carbons (Fsp3) is 0.125. The van der Waals surface area contributed by atoms with Crippen molar-refractivity contribution in [2.75, 3.05) is 0 Å². The summed E-state index contributed by atoms with van der Waals surface area (Å²) in [5.41, 5.74) is 6.02. The molecule has 0 saturated carbocycles. The number of ether oxygens (including phenoxy) is 1. The maximum Gasteiger partial charge on any atom is 0.299 e. The van der Waals surface area contributed by atoms with Gasteiger partial charge < -0.3 is 14.9 Å². The lowest BCUT2D eigenvalue weighted by atomic mass is 9.84. The summed E-state index contributed by atoms with van der Waals surface area (Å²) in [5.74, 6) is -1.15. The number of benzene rings is 1. The minimum absolute atomic E-state index is 0.0502. The van der Waals surface area contributed by atoms with Crippen LogP contribution in [0.1, 0.15) is 22.8 Å². The first kappa shape index (κ1) is 13.9. The van der Waals surface area contributed by atoms with Gasteiger partial charge in [-0.15, -0.1) is 0 Å². The molecule has 0 radical (unpaired) electrons. The first-order valence-electron chi connectivity index (χ1n) is 6.49. The highest BCUT2D eigenvalue weighted by atomic mass is 19.1. The Morgan fingerprint density at radius 1 is 1.36 bits per heavy atom. The van der Waals surface area contributed by atoms with Gasteiger partial charge in [0.1, 0.15) is 23.2 Å². The predicted octanol–water partition coefficient (Wildman–Crippen LogP) is 2.31. The molecule has 0 spiro atoms. The Kier molecular flexibility index (Phi) is 3.18. The number of hydrogen-bond acceptors (Lipinski definition) is 5. The molecule has 1 aromatic heterocycles. The summed E-state index contributed by atoms with van der Waals surface area (Å²) in [6.07, 6.45) is 0. The lowest BCUT2D eigenvalue weighted by Crippen LogP contribution is -2.26. The Balaban J connectivity index is 2.32. The second-order valence-corrected chi connectivity index (χ2v) is 4.90. The fourth-order valence-electron chi connectivity index (χ4n) is 2.51. The van der Waals surface area contributed by atoms with E-state index >= 15 is 0 Å². The largest absolute Gasteiger partial charge is 0.430 e. The van der Waals surface area contributed by atoms with Crippen LogP contribution in [0.25, 0.3) is 0 Å². The van der Waals surface area contributed by atoms with Crippen LogP contribution in [0.15, 0.2) is 51.0 Å². The molecule has 5 nitrogen and oxygen atoms in total. The van der Waals surface area contributed by atoms with Gasteiger partial charge in [-0.2, -0.15) is 5.26 Å². The molecule has 2 heterocycles. The molecule has 1 aliphatic rings. The van der Waals surface area contributed by atoms with Crippen LogP contribution in [0.3, 0.4) is 0 Å². The maximum atomic E-state index is 13.5. The Morgan fingerprint density at radius 2 is 2.14 bits per heavy atom. The van der Waals surface area contributed by atoms with E-state index in [0.29, 0.717) is 11.3 Å². The third-order valence-corrected chi connectivity index (χ3v) is 3.42. The molecular formula is C16H11FN2O3. The van der Waals surface area contributed by atoms with Gasteiger partial charge in [0.25, 0.3) is 5.95 Å². The van der Waals surface area contributed by atoms with Gasteiger partial charge in [0.15, 0.2) is 5.43 Å². The highest BCUT2D eigenvalue weighted by Gasteiger charge is 2.34. The fourth-order valence-corrected chi connectivity index (χ4v) is 2.51. The SMILES string of the molecule is Cc1cc(=O)c2c(o1)OC(N)=C(C#N)C2c1cccc(F)c1. The van der Waals surface area contributed by atoms with E-state index in [1.54, 1.807) is 13.0 Å². The van der Waals surface area contributed by atoms with Crippen molar-refractivity contribution in [3.8, 4) is 12.0 Å². The van der Waals surface area contributed by atoms with Gasteiger partial charge in [0.2, 0.25) is 5.88 Å². The van der Waals surface area contributed by atoms with E-state index in [4.69, 9.17) is 14.9 Å². The third kappa shape index (κ3) is 2.13. The molecule has 1 atom stereocenters. The first-order valence-corrected chi connectivity index (χ1v) is 6.49. The molecule has 1 aliphatic heterocycles. The van der Waals surface area contributed by atoms with E-state index in [0.717, 1.165) is 0 Å². The molecule has 1 unspecified atom stereocenters.